The number of rotatable bonds is 3. The maximum atomic E-state index is 12.9. The van der Waals surface area contributed by atoms with Gasteiger partial charge in [-0.05, 0) is 43.4 Å². The highest BCUT2D eigenvalue weighted by Crippen LogP contribution is 2.37. The molecule has 2 aliphatic heterocycles. The van der Waals surface area contributed by atoms with Gasteiger partial charge in [-0.15, -0.1) is 0 Å². The maximum absolute atomic E-state index is 12.9. The van der Waals surface area contributed by atoms with E-state index in [9.17, 15) is 9.18 Å². The number of ether oxygens (including phenoxy) is 1. The van der Waals surface area contributed by atoms with Crippen molar-refractivity contribution in [2.45, 2.75) is 50.3 Å². The van der Waals surface area contributed by atoms with Crippen LogP contribution in [0.25, 0.3) is 0 Å². The number of benzene rings is 1. The highest BCUT2D eigenvalue weighted by Gasteiger charge is 2.42. The van der Waals surface area contributed by atoms with Crippen molar-refractivity contribution in [2.75, 3.05) is 7.11 Å². The number of carbonyl (C=O) groups excluding carboxylic acids is 1. The molecule has 2 heterocycles. The Kier molecular flexibility index (Phi) is 3.74. The van der Waals surface area contributed by atoms with E-state index in [1.54, 1.807) is 19.2 Å². The van der Waals surface area contributed by atoms with E-state index in [1.807, 2.05) is 0 Å². The number of piperidine rings is 1. The number of hydrogen-bond acceptors (Lipinski definition) is 2. The van der Waals surface area contributed by atoms with E-state index in [4.69, 9.17) is 4.74 Å². The molecule has 1 amide bonds. The molecule has 0 saturated carbocycles. The summed E-state index contributed by atoms with van der Waals surface area (Å²) in [6.45, 7) is 0. The molecule has 3 rings (SSSR count). The number of fused-ring (bicyclic) bond motifs is 2. The first-order valence-electron chi connectivity index (χ1n) is 7.26. The van der Waals surface area contributed by atoms with Crippen molar-refractivity contribution in [3.63, 3.8) is 0 Å². The molecule has 2 aliphatic rings. The summed E-state index contributed by atoms with van der Waals surface area (Å²) in [5.41, 5.74) is 0.879. The van der Waals surface area contributed by atoms with Gasteiger partial charge in [0.1, 0.15) is 5.82 Å². The molecule has 0 spiro atoms. The number of methoxy groups -OCH3 is 1. The molecule has 2 unspecified atom stereocenters. The minimum absolute atomic E-state index is 0.165. The van der Waals surface area contributed by atoms with Gasteiger partial charge in [-0.25, -0.2) is 4.39 Å². The Hall–Kier alpha value is -1.42. The highest BCUT2D eigenvalue weighted by atomic mass is 19.1. The summed E-state index contributed by atoms with van der Waals surface area (Å²) < 4.78 is 18.3. The number of amides is 1. The zero-order chi connectivity index (χ0) is 14.1. The van der Waals surface area contributed by atoms with Crippen LogP contribution in [0.2, 0.25) is 0 Å². The Bertz CT molecular complexity index is 474. The van der Waals surface area contributed by atoms with Crippen molar-refractivity contribution < 1.29 is 13.9 Å². The third-order valence-electron chi connectivity index (χ3n) is 4.58. The maximum Gasteiger partial charge on any atom is 0.227 e. The third-order valence-corrected chi connectivity index (χ3v) is 4.58. The van der Waals surface area contributed by atoms with E-state index in [0.717, 1.165) is 31.2 Å². The Morgan fingerprint density at radius 2 is 1.85 bits per heavy atom. The molecule has 2 atom stereocenters. The van der Waals surface area contributed by atoms with Crippen molar-refractivity contribution in [2.24, 2.45) is 0 Å². The Balaban J connectivity index is 1.67. The lowest BCUT2D eigenvalue weighted by Gasteiger charge is -2.38. The summed E-state index contributed by atoms with van der Waals surface area (Å²) in [6.07, 6.45) is 4.72. The van der Waals surface area contributed by atoms with Gasteiger partial charge in [-0.2, -0.15) is 0 Å². The second-order valence-electron chi connectivity index (χ2n) is 5.82. The largest absolute Gasteiger partial charge is 0.381 e. The fourth-order valence-corrected chi connectivity index (χ4v) is 3.59. The van der Waals surface area contributed by atoms with E-state index >= 15 is 0 Å². The summed E-state index contributed by atoms with van der Waals surface area (Å²) in [4.78, 5) is 14.6. The minimum Gasteiger partial charge on any atom is -0.381 e. The van der Waals surface area contributed by atoms with Gasteiger partial charge in [-0.3, -0.25) is 4.79 Å². The first kappa shape index (κ1) is 13.6. The Labute approximate surface area is 118 Å². The predicted molar refractivity (Wildman–Crippen MR) is 73.8 cm³/mol. The fraction of sp³-hybridized carbons (Fsp3) is 0.562. The average molecular weight is 277 g/mol. The van der Waals surface area contributed by atoms with Gasteiger partial charge in [0.15, 0.2) is 0 Å². The monoisotopic (exact) mass is 277 g/mol. The van der Waals surface area contributed by atoms with Crippen LogP contribution in [0, 0.1) is 5.82 Å². The molecular weight excluding hydrogens is 257 g/mol. The van der Waals surface area contributed by atoms with E-state index < -0.39 is 0 Å². The Morgan fingerprint density at radius 3 is 2.40 bits per heavy atom. The molecule has 20 heavy (non-hydrogen) atoms. The zero-order valence-electron chi connectivity index (χ0n) is 11.7. The number of carbonyl (C=O) groups is 1. The van der Waals surface area contributed by atoms with E-state index in [2.05, 4.69) is 4.90 Å². The fourth-order valence-electron chi connectivity index (χ4n) is 3.59. The summed E-state index contributed by atoms with van der Waals surface area (Å²) in [6, 6.07) is 6.86. The normalized spacial score (nSPS) is 28.7. The van der Waals surface area contributed by atoms with Gasteiger partial charge in [0.05, 0.1) is 12.5 Å². The minimum atomic E-state index is -0.262. The average Bonchev–Trinajstić information content (AvgIpc) is 2.72. The molecule has 2 fully saturated rings. The molecule has 1 aromatic carbocycles. The Morgan fingerprint density at radius 1 is 1.25 bits per heavy atom. The van der Waals surface area contributed by atoms with Crippen LogP contribution in [0.3, 0.4) is 0 Å². The number of hydrogen-bond donors (Lipinski definition) is 0. The lowest BCUT2D eigenvalue weighted by molar-refractivity contribution is -0.137. The van der Waals surface area contributed by atoms with Gasteiger partial charge in [0.25, 0.3) is 0 Å². The van der Waals surface area contributed by atoms with Gasteiger partial charge < -0.3 is 9.64 Å². The zero-order valence-corrected chi connectivity index (χ0v) is 11.7. The van der Waals surface area contributed by atoms with Gasteiger partial charge in [-0.1, -0.05) is 12.1 Å². The summed E-state index contributed by atoms with van der Waals surface area (Å²) in [5.74, 6) is -0.0964. The highest BCUT2D eigenvalue weighted by molar-refractivity contribution is 5.80. The van der Waals surface area contributed by atoms with Crippen molar-refractivity contribution >= 4 is 5.91 Å². The van der Waals surface area contributed by atoms with Crippen molar-refractivity contribution in [1.82, 2.24) is 4.90 Å². The van der Waals surface area contributed by atoms with Crippen LogP contribution < -0.4 is 0 Å². The van der Waals surface area contributed by atoms with Crippen LogP contribution in [-0.2, 0) is 16.0 Å². The first-order valence-corrected chi connectivity index (χ1v) is 7.26. The van der Waals surface area contributed by atoms with Crippen LogP contribution in [0.5, 0.6) is 0 Å². The van der Waals surface area contributed by atoms with Crippen LogP contribution >= 0.6 is 0 Å². The number of halogens is 1. The molecule has 0 N–H and O–H groups in total. The molecule has 3 nitrogen and oxygen atoms in total. The smallest absolute Gasteiger partial charge is 0.227 e. The van der Waals surface area contributed by atoms with Crippen molar-refractivity contribution in [3.8, 4) is 0 Å². The molecule has 2 saturated heterocycles. The van der Waals surface area contributed by atoms with Crippen LogP contribution in [-0.4, -0.2) is 36.1 Å². The van der Waals surface area contributed by atoms with Crippen LogP contribution in [0.15, 0.2) is 24.3 Å². The van der Waals surface area contributed by atoms with E-state index in [1.165, 1.54) is 12.1 Å². The molecule has 2 bridgehead atoms. The second-order valence-corrected chi connectivity index (χ2v) is 5.82. The topological polar surface area (TPSA) is 29.5 Å². The van der Waals surface area contributed by atoms with Crippen LogP contribution in [0.4, 0.5) is 4.39 Å². The second kappa shape index (κ2) is 5.52. The molecule has 0 aromatic heterocycles. The number of nitrogens with zero attached hydrogens (tertiary/aromatic N) is 1. The lowest BCUT2D eigenvalue weighted by Crippen LogP contribution is -2.48. The lowest BCUT2D eigenvalue weighted by atomic mass is 9.98. The molecule has 0 radical (unpaired) electrons. The molecule has 108 valence electrons. The molecule has 1 aromatic rings. The SMILES string of the molecule is COC1CC2CCC(C1)N2C(=O)Cc1ccc(F)cc1. The summed E-state index contributed by atoms with van der Waals surface area (Å²) in [5, 5.41) is 0. The standard InChI is InChI=1S/C16H20FNO2/c1-20-15-9-13-6-7-14(10-15)18(13)16(19)8-11-2-4-12(17)5-3-11/h2-5,13-15H,6-10H2,1H3. The van der Waals surface area contributed by atoms with Crippen molar-refractivity contribution in [1.29, 1.82) is 0 Å². The third kappa shape index (κ3) is 2.57. The summed E-state index contributed by atoms with van der Waals surface area (Å²) in [7, 11) is 1.75. The quantitative estimate of drug-likeness (QED) is 0.849. The molecule has 0 aliphatic carbocycles. The first-order chi connectivity index (χ1) is 9.67. The molecule has 4 heteroatoms. The predicted octanol–water partition coefficient (Wildman–Crippen LogP) is 2.54. The van der Waals surface area contributed by atoms with Gasteiger partial charge in [0, 0.05) is 19.2 Å². The molecular formula is C16H20FNO2. The van der Waals surface area contributed by atoms with Gasteiger partial charge >= 0.3 is 0 Å². The van der Waals surface area contributed by atoms with Crippen LogP contribution in [0.1, 0.15) is 31.2 Å². The van der Waals surface area contributed by atoms with E-state index in [-0.39, 0.29) is 11.7 Å². The van der Waals surface area contributed by atoms with E-state index in [0.29, 0.717) is 24.6 Å². The van der Waals surface area contributed by atoms with Crippen molar-refractivity contribution in [3.05, 3.63) is 35.6 Å². The summed E-state index contributed by atoms with van der Waals surface area (Å²) >= 11 is 0. The van der Waals surface area contributed by atoms with Gasteiger partial charge in [0.2, 0.25) is 5.91 Å².